The number of alkyl halides is 3. The lowest BCUT2D eigenvalue weighted by molar-refractivity contribution is -0.0964. The van der Waals surface area contributed by atoms with Gasteiger partial charge in [-0.25, -0.2) is 15.0 Å². The minimum atomic E-state index is -3.82. The molecule has 1 atom stereocenters. The Bertz CT molecular complexity index is 1360. The lowest BCUT2D eigenvalue weighted by Crippen LogP contribution is -2.24. The molecule has 2 aromatic heterocycles. The summed E-state index contributed by atoms with van der Waals surface area (Å²) in [5.41, 5.74) is -0.274. The number of benzene rings is 2. The molecule has 8 nitrogen and oxygen atoms in total. The summed E-state index contributed by atoms with van der Waals surface area (Å²) in [6.45, 7) is 0.411. The first-order valence-corrected chi connectivity index (χ1v) is 10.8. The quantitative estimate of drug-likeness (QED) is 0.410. The number of imidazole rings is 1. The Labute approximate surface area is 197 Å². The smallest absolute Gasteiger partial charge is 0.420 e. The predicted molar refractivity (Wildman–Crippen MR) is 121 cm³/mol. The molecule has 0 fully saturated rings. The van der Waals surface area contributed by atoms with Gasteiger partial charge in [-0.15, -0.1) is 8.78 Å². The van der Waals surface area contributed by atoms with E-state index in [9.17, 15) is 18.7 Å². The molecule has 0 saturated heterocycles. The highest BCUT2D eigenvalue weighted by atomic mass is 35.5. The molecule has 3 heterocycles. The van der Waals surface area contributed by atoms with Crippen molar-refractivity contribution in [2.75, 3.05) is 5.32 Å². The van der Waals surface area contributed by atoms with Crippen LogP contribution in [0.2, 0.25) is 0 Å². The van der Waals surface area contributed by atoms with E-state index in [0.717, 1.165) is 11.3 Å². The Kier molecular flexibility index (Phi) is 5.62. The van der Waals surface area contributed by atoms with E-state index in [1.807, 2.05) is 4.57 Å². The van der Waals surface area contributed by atoms with Crippen molar-refractivity contribution in [3.8, 4) is 16.9 Å². The van der Waals surface area contributed by atoms with Gasteiger partial charge in [0.25, 0.3) is 5.91 Å². The van der Waals surface area contributed by atoms with Gasteiger partial charge in [-0.3, -0.25) is 4.79 Å². The van der Waals surface area contributed by atoms with Crippen LogP contribution in [0.1, 0.15) is 22.6 Å². The Morgan fingerprint density at radius 3 is 2.65 bits per heavy atom. The van der Waals surface area contributed by atoms with E-state index in [2.05, 4.69) is 20.0 Å². The van der Waals surface area contributed by atoms with Gasteiger partial charge in [0.1, 0.15) is 17.9 Å². The molecule has 0 aliphatic carbocycles. The molecule has 5 rings (SSSR count). The second-order valence-corrected chi connectivity index (χ2v) is 8.32. The molecule has 2 aromatic carbocycles. The number of ether oxygens (including phenoxy) is 1. The van der Waals surface area contributed by atoms with Crippen LogP contribution in [-0.4, -0.2) is 42.2 Å². The molecular weight excluding hydrogens is 468 g/mol. The molecular formula is C23H18ClF2N5O3. The fourth-order valence-corrected chi connectivity index (χ4v) is 4.12. The van der Waals surface area contributed by atoms with Crippen molar-refractivity contribution < 1.29 is 23.4 Å². The standard InChI is InChI=1S/C23H18ClF2N5O3/c24-23(25,26)34-17-4-1-15(2-5-17)29-22(33)13-7-18(14-9-27-12-28-10-14)21-19(8-13)30-20-6-3-16(32)11-31(20)21/h1-2,4-5,7-10,12,16,32H,3,6,11H2,(H,29,33)/t16-/m0/s1. The van der Waals surface area contributed by atoms with Gasteiger partial charge in [-0.1, -0.05) is 0 Å². The van der Waals surface area contributed by atoms with Gasteiger partial charge in [-0.2, -0.15) is 0 Å². The highest BCUT2D eigenvalue weighted by Gasteiger charge is 2.27. The van der Waals surface area contributed by atoms with Crippen LogP contribution in [0.25, 0.3) is 22.2 Å². The van der Waals surface area contributed by atoms with Crippen LogP contribution in [0.15, 0.2) is 55.1 Å². The van der Waals surface area contributed by atoms with E-state index < -0.39 is 17.6 Å². The van der Waals surface area contributed by atoms with Crippen molar-refractivity contribution in [2.45, 2.75) is 31.1 Å². The molecule has 1 aliphatic heterocycles. The Morgan fingerprint density at radius 1 is 1.21 bits per heavy atom. The third-order valence-electron chi connectivity index (χ3n) is 5.49. The minimum absolute atomic E-state index is 0.142. The summed E-state index contributed by atoms with van der Waals surface area (Å²) in [4.78, 5) is 25.9. The van der Waals surface area contributed by atoms with Gasteiger partial charge in [0, 0.05) is 52.8 Å². The Balaban J connectivity index is 1.51. The van der Waals surface area contributed by atoms with E-state index in [4.69, 9.17) is 16.6 Å². The van der Waals surface area contributed by atoms with E-state index in [1.165, 1.54) is 30.6 Å². The van der Waals surface area contributed by atoms with Gasteiger partial charge in [0.05, 0.1) is 23.7 Å². The number of aliphatic hydroxyl groups excluding tert-OH is 1. The Hall–Kier alpha value is -3.63. The minimum Gasteiger partial charge on any atom is -0.420 e. The predicted octanol–water partition coefficient (Wildman–Crippen LogP) is 4.22. The molecule has 11 heteroatoms. The molecule has 0 unspecified atom stereocenters. The van der Waals surface area contributed by atoms with Crippen molar-refractivity contribution in [3.05, 3.63) is 66.5 Å². The molecule has 4 aromatic rings. The van der Waals surface area contributed by atoms with Gasteiger partial charge in [-0.05, 0) is 42.8 Å². The topological polar surface area (TPSA) is 102 Å². The SMILES string of the molecule is O=C(Nc1ccc(OC(F)(F)Cl)cc1)c1cc(-c2cncnc2)c2c(c1)nc1n2C[C@@H](O)CC1. The number of anilines is 1. The number of carbonyl (C=O) groups is 1. The highest BCUT2D eigenvalue weighted by Crippen LogP contribution is 2.33. The first-order valence-electron chi connectivity index (χ1n) is 10.4. The lowest BCUT2D eigenvalue weighted by Gasteiger charge is -2.20. The summed E-state index contributed by atoms with van der Waals surface area (Å²) in [5.74, 6) is 0.279. The highest BCUT2D eigenvalue weighted by molar-refractivity contribution is 6.20. The number of aliphatic hydroxyl groups is 1. The number of amides is 1. The molecule has 0 saturated carbocycles. The number of hydrogen-bond donors (Lipinski definition) is 2. The molecule has 2 N–H and O–H groups in total. The molecule has 0 bridgehead atoms. The third-order valence-corrected chi connectivity index (χ3v) is 5.57. The number of fused-ring (bicyclic) bond motifs is 3. The molecule has 1 amide bonds. The summed E-state index contributed by atoms with van der Waals surface area (Å²) >= 11 is 4.77. The van der Waals surface area contributed by atoms with Gasteiger partial charge >= 0.3 is 5.57 Å². The maximum absolute atomic E-state index is 13.1. The van der Waals surface area contributed by atoms with Crippen LogP contribution < -0.4 is 10.1 Å². The number of aromatic nitrogens is 4. The van der Waals surface area contributed by atoms with Crippen molar-refractivity contribution in [1.29, 1.82) is 0 Å². The average Bonchev–Trinajstić information content (AvgIpc) is 3.17. The van der Waals surface area contributed by atoms with Gasteiger partial charge in [0.15, 0.2) is 0 Å². The largest absolute Gasteiger partial charge is 0.487 e. The summed E-state index contributed by atoms with van der Waals surface area (Å²) < 4.78 is 31.8. The monoisotopic (exact) mass is 485 g/mol. The van der Waals surface area contributed by atoms with Crippen LogP contribution >= 0.6 is 11.6 Å². The second-order valence-electron chi connectivity index (χ2n) is 7.88. The van der Waals surface area contributed by atoms with Gasteiger partial charge in [0.2, 0.25) is 0 Å². The van der Waals surface area contributed by atoms with Crippen molar-refractivity contribution in [2.24, 2.45) is 0 Å². The average molecular weight is 486 g/mol. The molecule has 174 valence electrons. The van der Waals surface area contributed by atoms with E-state index in [0.29, 0.717) is 47.3 Å². The zero-order valence-corrected chi connectivity index (χ0v) is 18.3. The number of nitrogens with one attached hydrogen (secondary N) is 1. The number of aryl methyl sites for hydroxylation is 1. The number of rotatable bonds is 5. The second kappa shape index (κ2) is 8.62. The van der Waals surface area contributed by atoms with E-state index in [1.54, 1.807) is 24.5 Å². The molecule has 0 spiro atoms. The zero-order chi connectivity index (χ0) is 23.9. The van der Waals surface area contributed by atoms with Gasteiger partial charge < -0.3 is 19.7 Å². The molecule has 1 aliphatic rings. The fraction of sp³-hybridized carbons (Fsp3) is 0.217. The summed E-state index contributed by atoms with van der Waals surface area (Å²) in [6, 6.07) is 8.81. The Morgan fingerprint density at radius 2 is 1.94 bits per heavy atom. The summed E-state index contributed by atoms with van der Waals surface area (Å²) in [6.07, 6.45) is 5.48. The maximum atomic E-state index is 13.1. The molecule has 34 heavy (non-hydrogen) atoms. The summed E-state index contributed by atoms with van der Waals surface area (Å²) in [7, 11) is 0. The van der Waals surface area contributed by atoms with Crippen molar-refractivity contribution in [3.63, 3.8) is 0 Å². The summed E-state index contributed by atoms with van der Waals surface area (Å²) in [5, 5.41) is 12.9. The van der Waals surface area contributed by atoms with E-state index in [-0.39, 0.29) is 5.75 Å². The lowest BCUT2D eigenvalue weighted by atomic mass is 10.0. The zero-order valence-electron chi connectivity index (χ0n) is 17.6. The number of hydrogen-bond acceptors (Lipinski definition) is 6. The van der Waals surface area contributed by atoms with Crippen LogP contribution in [0.3, 0.4) is 0 Å². The number of halogens is 3. The normalized spacial score (nSPS) is 15.7. The van der Waals surface area contributed by atoms with Crippen LogP contribution in [0, 0.1) is 0 Å². The number of carbonyl (C=O) groups excluding carboxylic acids is 1. The first-order chi connectivity index (χ1) is 16.3. The van der Waals surface area contributed by atoms with Crippen molar-refractivity contribution in [1.82, 2.24) is 19.5 Å². The van der Waals surface area contributed by atoms with E-state index >= 15 is 0 Å². The molecule has 0 radical (unpaired) electrons. The fourth-order valence-electron chi connectivity index (χ4n) is 4.03. The maximum Gasteiger partial charge on any atom is 0.487 e. The van der Waals surface area contributed by atoms with Crippen molar-refractivity contribution >= 4 is 34.2 Å². The first kappa shape index (κ1) is 22.2. The third kappa shape index (κ3) is 4.55. The van der Waals surface area contributed by atoms with Crippen LogP contribution in [0.5, 0.6) is 5.75 Å². The van der Waals surface area contributed by atoms with Crippen LogP contribution in [-0.2, 0) is 13.0 Å². The van der Waals surface area contributed by atoms with Crippen LogP contribution in [0.4, 0.5) is 14.5 Å². The number of nitrogens with zero attached hydrogens (tertiary/aromatic N) is 4.